The van der Waals surface area contributed by atoms with Crippen LogP contribution in [0, 0.1) is 16.7 Å². The van der Waals surface area contributed by atoms with E-state index in [-0.39, 0.29) is 5.41 Å². The van der Waals surface area contributed by atoms with Crippen molar-refractivity contribution in [2.75, 3.05) is 12.8 Å². The molecule has 0 aromatic heterocycles. The molecule has 104 valence electrons. The molecule has 1 atom stereocenters. The molecule has 0 aliphatic carbocycles. The van der Waals surface area contributed by atoms with Crippen LogP contribution in [0.5, 0.6) is 0 Å². The summed E-state index contributed by atoms with van der Waals surface area (Å²) in [6, 6.07) is 11.3. The van der Waals surface area contributed by atoms with E-state index in [0.717, 1.165) is 13.0 Å². The summed E-state index contributed by atoms with van der Waals surface area (Å²) in [4.78, 5) is 1.30. The van der Waals surface area contributed by atoms with Crippen LogP contribution in [0.4, 0.5) is 0 Å². The zero-order chi connectivity index (χ0) is 14.3. The van der Waals surface area contributed by atoms with Crippen molar-refractivity contribution in [1.29, 1.82) is 5.26 Å². The zero-order valence-corrected chi connectivity index (χ0v) is 13.2. The quantitative estimate of drug-likeness (QED) is 0.750. The van der Waals surface area contributed by atoms with Gasteiger partial charge in [0.1, 0.15) is 0 Å². The Labute approximate surface area is 121 Å². The molecule has 0 radical (unpaired) electrons. The van der Waals surface area contributed by atoms with Gasteiger partial charge in [-0.15, -0.1) is 11.8 Å². The summed E-state index contributed by atoms with van der Waals surface area (Å²) < 4.78 is 0. The number of nitrogens with zero attached hydrogens (tertiary/aromatic N) is 1. The van der Waals surface area contributed by atoms with Crippen molar-refractivity contribution in [2.24, 2.45) is 5.41 Å². The number of thioether (sulfide) groups is 1. The Hall–Kier alpha value is -0.980. The van der Waals surface area contributed by atoms with Crippen LogP contribution >= 0.6 is 11.8 Å². The summed E-state index contributed by atoms with van der Waals surface area (Å²) in [5, 5.41) is 12.2. The molecule has 0 aliphatic rings. The Bertz CT molecular complexity index is 417. The molecule has 2 nitrogen and oxygen atoms in total. The Morgan fingerprint density at radius 3 is 2.47 bits per heavy atom. The highest BCUT2D eigenvalue weighted by Gasteiger charge is 2.18. The number of rotatable bonds is 7. The highest BCUT2D eigenvalue weighted by atomic mass is 32.2. The number of nitrogens with one attached hydrogen (secondary N) is 1. The van der Waals surface area contributed by atoms with Crippen molar-refractivity contribution < 1.29 is 0 Å². The minimum absolute atomic E-state index is 0.170. The molecule has 0 saturated heterocycles. The van der Waals surface area contributed by atoms with E-state index in [1.165, 1.54) is 10.5 Å². The van der Waals surface area contributed by atoms with Crippen LogP contribution in [0.2, 0.25) is 0 Å². The van der Waals surface area contributed by atoms with E-state index >= 15 is 0 Å². The lowest BCUT2D eigenvalue weighted by atomic mass is 9.87. The zero-order valence-electron chi connectivity index (χ0n) is 12.4. The molecule has 0 spiro atoms. The molecular formula is C16H24N2S. The first-order valence-corrected chi connectivity index (χ1v) is 7.95. The lowest BCUT2D eigenvalue weighted by molar-refractivity contribution is 0.305. The van der Waals surface area contributed by atoms with Gasteiger partial charge in [0, 0.05) is 23.9 Å². The lowest BCUT2D eigenvalue weighted by Crippen LogP contribution is -2.31. The standard InChI is InChI=1S/C16H24N2S/c1-13(14-6-8-15(19-4)9-7-14)18-12-16(2,3)10-5-11-17/h6-9,13,18H,5,10,12H2,1-4H3. The van der Waals surface area contributed by atoms with Gasteiger partial charge in [0.2, 0.25) is 0 Å². The summed E-state index contributed by atoms with van der Waals surface area (Å²) >= 11 is 1.76. The largest absolute Gasteiger partial charge is 0.310 e. The van der Waals surface area contributed by atoms with Gasteiger partial charge >= 0.3 is 0 Å². The summed E-state index contributed by atoms with van der Waals surface area (Å²) in [6.45, 7) is 7.54. The Morgan fingerprint density at radius 1 is 1.32 bits per heavy atom. The third kappa shape index (κ3) is 5.67. The Balaban J connectivity index is 2.50. The fourth-order valence-electron chi connectivity index (χ4n) is 1.92. The second-order valence-electron chi connectivity index (χ2n) is 5.70. The molecule has 19 heavy (non-hydrogen) atoms. The summed E-state index contributed by atoms with van der Waals surface area (Å²) in [6.07, 6.45) is 3.66. The predicted molar refractivity (Wildman–Crippen MR) is 83.3 cm³/mol. The van der Waals surface area contributed by atoms with Crippen molar-refractivity contribution in [3.63, 3.8) is 0 Å². The van der Waals surface area contributed by atoms with Gasteiger partial charge in [-0.1, -0.05) is 26.0 Å². The molecule has 1 aromatic carbocycles. The second kappa shape index (κ2) is 7.57. The van der Waals surface area contributed by atoms with Crippen molar-refractivity contribution in [1.82, 2.24) is 5.32 Å². The highest BCUT2D eigenvalue weighted by Crippen LogP contribution is 2.23. The van der Waals surface area contributed by atoms with Crippen LogP contribution in [0.15, 0.2) is 29.2 Å². The average Bonchev–Trinajstić information content (AvgIpc) is 2.43. The van der Waals surface area contributed by atoms with E-state index in [1.807, 2.05) is 0 Å². The number of nitriles is 1. The third-order valence-electron chi connectivity index (χ3n) is 3.42. The minimum atomic E-state index is 0.170. The topological polar surface area (TPSA) is 35.8 Å². The molecule has 0 amide bonds. The maximum atomic E-state index is 8.66. The van der Waals surface area contributed by atoms with Crippen molar-refractivity contribution >= 4 is 11.8 Å². The average molecular weight is 276 g/mol. The van der Waals surface area contributed by atoms with Gasteiger partial charge in [-0.25, -0.2) is 0 Å². The lowest BCUT2D eigenvalue weighted by Gasteiger charge is -2.26. The molecule has 1 unspecified atom stereocenters. The van der Waals surface area contributed by atoms with E-state index in [9.17, 15) is 0 Å². The first kappa shape index (κ1) is 16.1. The Morgan fingerprint density at radius 2 is 1.95 bits per heavy atom. The van der Waals surface area contributed by atoms with E-state index in [4.69, 9.17) is 5.26 Å². The van der Waals surface area contributed by atoms with E-state index in [0.29, 0.717) is 12.5 Å². The van der Waals surface area contributed by atoms with E-state index in [2.05, 4.69) is 62.7 Å². The maximum absolute atomic E-state index is 8.66. The van der Waals surface area contributed by atoms with Crippen LogP contribution in [-0.2, 0) is 0 Å². The molecular weight excluding hydrogens is 252 g/mol. The number of hydrogen-bond acceptors (Lipinski definition) is 3. The van der Waals surface area contributed by atoms with Crippen LogP contribution in [0.1, 0.15) is 45.2 Å². The molecule has 1 N–H and O–H groups in total. The van der Waals surface area contributed by atoms with Crippen molar-refractivity contribution in [3.8, 4) is 6.07 Å². The summed E-state index contributed by atoms with van der Waals surface area (Å²) in [7, 11) is 0. The molecule has 0 saturated carbocycles. The van der Waals surface area contributed by atoms with E-state index < -0.39 is 0 Å². The van der Waals surface area contributed by atoms with Crippen LogP contribution in [0.25, 0.3) is 0 Å². The normalized spacial score (nSPS) is 13.0. The predicted octanol–water partition coefficient (Wildman–Crippen LogP) is 4.39. The maximum Gasteiger partial charge on any atom is 0.0621 e. The molecule has 0 aliphatic heterocycles. The molecule has 1 rings (SSSR count). The second-order valence-corrected chi connectivity index (χ2v) is 6.58. The smallest absolute Gasteiger partial charge is 0.0621 e. The van der Waals surface area contributed by atoms with Gasteiger partial charge in [-0.05, 0) is 42.7 Å². The summed E-state index contributed by atoms with van der Waals surface area (Å²) in [5.74, 6) is 0. The molecule has 3 heteroatoms. The number of benzene rings is 1. The van der Waals surface area contributed by atoms with Crippen molar-refractivity contribution in [3.05, 3.63) is 29.8 Å². The van der Waals surface area contributed by atoms with Gasteiger partial charge in [0.15, 0.2) is 0 Å². The van der Waals surface area contributed by atoms with Gasteiger partial charge in [0.05, 0.1) is 6.07 Å². The monoisotopic (exact) mass is 276 g/mol. The highest BCUT2D eigenvalue weighted by molar-refractivity contribution is 7.98. The molecule has 0 heterocycles. The molecule has 1 aromatic rings. The minimum Gasteiger partial charge on any atom is -0.310 e. The van der Waals surface area contributed by atoms with Gasteiger partial charge < -0.3 is 5.32 Å². The van der Waals surface area contributed by atoms with Gasteiger partial charge in [-0.2, -0.15) is 5.26 Å². The van der Waals surface area contributed by atoms with Crippen LogP contribution in [-0.4, -0.2) is 12.8 Å². The van der Waals surface area contributed by atoms with Gasteiger partial charge in [-0.3, -0.25) is 0 Å². The first-order valence-electron chi connectivity index (χ1n) is 6.73. The first-order chi connectivity index (χ1) is 8.98. The Kier molecular flexibility index (Phi) is 6.41. The SMILES string of the molecule is CSc1ccc(C(C)NCC(C)(C)CCC#N)cc1. The number of hydrogen-bond donors (Lipinski definition) is 1. The molecule has 0 bridgehead atoms. The van der Waals surface area contributed by atoms with E-state index in [1.54, 1.807) is 11.8 Å². The van der Waals surface area contributed by atoms with Gasteiger partial charge in [0.25, 0.3) is 0 Å². The third-order valence-corrected chi connectivity index (χ3v) is 4.16. The fraction of sp³-hybridized carbons (Fsp3) is 0.562. The van der Waals surface area contributed by atoms with Crippen LogP contribution in [0.3, 0.4) is 0 Å². The fourth-order valence-corrected chi connectivity index (χ4v) is 2.33. The van der Waals surface area contributed by atoms with Crippen LogP contribution < -0.4 is 5.32 Å². The van der Waals surface area contributed by atoms with Crippen molar-refractivity contribution in [2.45, 2.75) is 44.6 Å². The molecule has 0 fully saturated rings. The summed E-state index contributed by atoms with van der Waals surface area (Å²) in [5.41, 5.74) is 1.48.